The monoisotopic (exact) mass is 283 g/mol. The number of nitrogens with one attached hydrogen (secondary N) is 1. The van der Waals surface area contributed by atoms with Crippen LogP contribution in [0.4, 0.5) is 0 Å². The Kier molecular flexibility index (Phi) is 4.57. The van der Waals surface area contributed by atoms with Gasteiger partial charge in [-0.1, -0.05) is 36.4 Å². The van der Waals surface area contributed by atoms with Crippen molar-refractivity contribution in [1.29, 1.82) is 0 Å². The molecular weight excluding hydrogens is 258 g/mol. The first kappa shape index (κ1) is 14.6. The minimum atomic E-state index is 0.403. The van der Waals surface area contributed by atoms with Crippen LogP contribution >= 0.6 is 0 Å². The highest BCUT2D eigenvalue weighted by Gasteiger charge is 2.20. The summed E-state index contributed by atoms with van der Waals surface area (Å²) < 4.78 is 5.77. The van der Waals surface area contributed by atoms with E-state index in [0.717, 1.165) is 19.4 Å². The first-order valence-corrected chi connectivity index (χ1v) is 8.06. The smallest absolute Gasteiger partial charge is 0.0576 e. The molecule has 1 N–H and O–H groups in total. The molecule has 2 aromatic rings. The van der Waals surface area contributed by atoms with Crippen LogP contribution in [0.3, 0.4) is 0 Å². The fourth-order valence-electron chi connectivity index (χ4n) is 3.52. The van der Waals surface area contributed by atoms with Crippen LogP contribution in [-0.2, 0) is 4.74 Å². The van der Waals surface area contributed by atoms with Gasteiger partial charge in [-0.2, -0.15) is 0 Å². The van der Waals surface area contributed by atoms with Gasteiger partial charge in [-0.25, -0.2) is 0 Å². The molecule has 0 saturated carbocycles. The molecule has 1 aliphatic rings. The molecule has 2 nitrogen and oxygen atoms in total. The molecule has 0 amide bonds. The van der Waals surface area contributed by atoms with Crippen molar-refractivity contribution >= 4 is 10.8 Å². The van der Waals surface area contributed by atoms with Crippen LogP contribution < -0.4 is 5.32 Å². The van der Waals surface area contributed by atoms with Gasteiger partial charge >= 0.3 is 0 Å². The number of fused-ring (bicyclic) bond motifs is 1. The third-order valence-corrected chi connectivity index (χ3v) is 4.69. The highest BCUT2D eigenvalue weighted by atomic mass is 16.5. The third-order valence-electron chi connectivity index (χ3n) is 4.69. The highest BCUT2D eigenvalue weighted by Crippen LogP contribution is 2.31. The predicted octanol–water partition coefficient (Wildman–Crippen LogP) is 4.37. The van der Waals surface area contributed by atoms with Crippen molar-refractivity contribution in [2.45, 2.75) is 44.8 Å². The maximum atomic E-state index is 5.77. The molecule has 21 heavy (non-hydrogen) atoms. The second kappa shape index (κ2) is 6.59. The lowest BCUT2D eigenvalue weighted by atomic mass is 9.91. The fraction of sp³-hybridized carbons (Fsp3) is 0.474. The SMILES string of the molecule is CNC(CCC1CCCO1)c1c(C)ccc2ccccc12. The molecule has 2 atom stereocenters. The van der Waals surface area contributed by atoms with Gasteiger partial charge in [-0.3, -0.25) is 0 Å². The van der Waals surface area contributed by atoms with E-state index in [1.165, 1.54) is 34.7 Å². The van der Waals surface area contributed by atoms with Gasteiger partial charge in [0.25, 0.3) is 0 Å². The zero-order chi connectivity index (χ0) is 14.7. The van der Waals surface area contributed by atoms with E-state index >= 15 is 0 Å². The Bertz CT molecular complexity index is 602. The third kappa shape index (κ3) is 3.12. The molecule has 1 heterocycles. The van der Waals surface area contributed by atoms with Crippen molar-refractivity contribution in [2.24, 2.45) is 0 Å². The number of ether oxygens (including phenoxy) is 1. The van der Waals surface area contributed by atoms with E-state index in [1.807, 2.05) is 0 Å². The lowest BCUT2D eigenvalue weighted by Crippen LogP contribution is -2.20. The Morgan fingerprint density at radius 1 is 1.24 bits per heavy atom. The maximum absolute atomic E-state index is 5.77. The summed E-state index contributed by atoms with van der Waals surface area (Å²) in [5.41, 5.74) is 2.83. The normalized spacial score (nSPS) is 20.0. The summed E-state index contributed by atoms with van der Waals surface area (Å²) in [4.78, 5) is 0. The lowest BCUT2D eigenvalue weighted by molar-refractivity contribution is 0.0998. The fourth-order valence-corrected chi connectivity index (χ4v) is 3.52. The van der Waals surface area contributed by atoms with E-state index in [2.05, 4.69) is 55.7 Å². The Morgan fingerprint density at radius 2 is 2.10 bits per heavy atom. The van der Waals surface area contributed by atoms with Gasteiger partial charge in [-0.15, -0.1) is 0 Å². The van der Waals surface area contributed by atoms with Gasteiger partial charge in [0.05, 0.1) is 6.10 Å². The number of rotatable bonds is 5. The van der Waals surface area contributed by atoms with Crippen molar-refractivity contribution in [3.8, 4) is 0 Å². The van der Waals surface area contributed by atoms with Crippen LogP contribution in [-0.4, -0.2) is 19.8 Å². The summed E-state index contributed by atoms with van der Waals surface area (Å²) >= 11 is 0. The summed E-state index contributed by atoms with van der Waals surface area (Å²) in [5.74, 6) is 0. The molecule has 3 rings (SSSR count). The maximum Gasteiger partial charge on any atom is 0.0576 e. The zero-order valence-corrected chi connectivity index (χ0v) is 13.1. The minimum Gasteiger partial charge on any atom is -0.378 e. The predicted molar refractivity (Wildman–Crippen MR) is 88.7 cm³/mol. The van der Waals surface area contributed by atoms with Gasteiger partial charge < -0.3 is 10.1 Å². The molecule has 2 aromatic carbocycles. The van der Waals surface area contributed by atoms with Crippen LogP contribution in [0.1, 0.15) is 42.9 Å². The summed E-state index contributed by atoms with van der Waals surface area (Å²) in [5, 5.41) is 6.23. The van der Waals surface area contributed by atoms with Crippen LogP contribution in [0, 0.1) is 6.92 Å². The van der Waals surface area contributed by atoms with Gasteiger partial charge in [0.2, 0.25) is 0 Å². The van der Waals surface area contributed by atoms with Crippen LogP contribution in [0.2, 0.25) is 0 Å². The molecule has 1 saturated heterocycles. The van der Waals surface area contributed by atoms with Gasteiger partial charge in [0.15, 0.2) is 0 Å². The number of hydrogen-bond acceptors (Lipinski definition) is 2. The number of hydrogen-bond donors (Lipinski definition) is 1. The molecule has 0 radical (unpaired) electrons. The summed E-state index contributed by atoms with van der Waals surface area (Å²) in [6.07, 6.45) is 5.20. The first-order chi connectivity index (χ1) is 10.3. The molecule has 2 unspecified atom stereocenters. The largest absolute Gasteiger partial charge is 0.378 e. The average molecular weight is 283 g/mol. The van der Waals surface area contributed by atoms with E-state index in [0.29, 0.717) is 12.1 Å². The molecule has 112 valence electrons. The molecular formula is C19H25NO. The van der Waals surface area contributed by atoms with E-state index < -0.39 is 0 Å². The Labute approximate surface area is 127 Å². The van der Waals surface area contributed by atoms with E-state index in [1.54, 1.807) is 0 Å². The van der Waals surface area contributed by atoms with Crippen LogP contribution in [0.15, 0.2) is 36.4 Å². The quantitative estimate of drug-likeness (QED) is 0.880. The first-order valence-electron chi connectivity index (χ1n) is 8.06. The lowest BCUT2D eigenvalue weighted by Gasteiger charge is -2.22. The van der Waals surface area contributed by atoms with Gasteiger partial charge in [0, 0.05) is 12.6 Å². The number of aryl methyl sites for hydroxylation is 1. The summed E-state index contributed by atoms with van der Waals surface area (Å²) in [6.45, 7) is 3.17. The summed E-state index contributed by atoms with van der Waals surface area (Å²) in [7, 11) is 2.07. The molecule has 0 spiro atoms. The molecule has 2 heteroatoms. The molecule has 1 aliphatic heterocycles. The minimum absolute atomic E-state index is 0.403. The zero-order valence-electron chi connectivity index (χ0n) is 13.1. The Hall–Kier alpha value is -1.38. The second-order valence-electron chi connectivity index (χ2n) is 6.07. The van der Waals surface area contributed by atoms with E-state index in [4.69, 9.17) is 4.74 Å². The van der Waals surface area contributed by atoms with Gasteiger partial charge in [0.1, 0.15) is 0 Å². The molecule has 0 aliphatic carbocycles. The van der Waals surface area contributed by atoms with E-state index in [-0.39, 0.29) is 0 Å². The molecule has 1 fully saturated rings. The number of benzene rings is 2. The van der Waals surface area contributed by atoms with Crippen molar-refractivity contribution in [1.82, 2.24) is 5.32 Å². The average Bonchev–Trinajstić information content (AvgIpc) is 3.03. The topological polar surface area (TPSA) is 21.3 Å². The van der Waals surface area contributed by atoms with Crippen LogP contribution in [0.25, 0.3) is 10.8 Å². The Balaban J connectivity index is 1.86. The van der Waals surface area contributed by atoms with Crippen molar-refractivity contribution in [2.75, 3.05) is 13.7 Å². The van der Waals surface area contributed by atoms with Crippen LogP contribution in [0.5, 0.6) is 0 Å². The molecule has 0 aromatic heterocycles. The second-order valence-corrected chi connectivity index (χ2v) is 6.07. The van der Waals surface area contributed by atoms with Crippen molar-refractivity contribution < 1.29 is 4.74 Å². The van der Waals surface area contributed by atoms with Crippen molar-refractivity contribution in [3.05, 3.63) is 47.5 Å². The Morgan fingerprint density at radius 3 is 2.86 bits per heavy atom. The standard InChI is InChI=1S/C19H25NO/c1-14-9-10-15-6-3-4-8-17(15)19(14)18(20-2)12-11-16-7-5-13-21-16/h3-4,6,8-10,16,18,20H,5,7,11-13H2,1-2H3. The molecule has 0 bridgehead atoms. The highest BCUT2D eigenvalue weighted by molar-refractivity contribution is 5.87. The van der Waals surface area contributed by atoms with Gasteiger partial charge in [-0.05, 0) is 61.6 Å². The summed E-state index contributed by atoms with van der Waals surface area (Å²) in [6, 6.07) is 13.6. The van der Waals surface area contributed by atoms with E-state index in [9.17, 15) is 0 Å². The van der Waals surface area contributed by atoms with Crippen molar-refractivity contribution in [3.63, 3.8) is 0 Å².